The van der Waals surface area contributed by atoms with Crippen molar-refractivity contribution in [2.24, 2.45) is 5.92 Å². The van der Waals surface area contributed by atoms with Crippen molar-refractivity contribution in [2.75, 3.05) is 13.2 Å². The predicted octanol–water partition coefficient (Wildman–Crippen LogP) is 1.63. The molecule has 0 amide bonds. The maximum atomic E-state index is 8.99. The standard InChI is InChI=1S/C11H21NO/c1-9-8-10-4-2-3-5-11(10)12(9)6-7-13/h9-11,13H,2-8H2,1H3. The van der Waals surface area contributed by atoms with Gasteiger partial charge in [0.15, 0.2) is 0 Å². The molecule has 13 heavy (non-hydrogen) atoms. The molecule has 1 saturated carbocycles. The van der Waals surface area contributed by atoms with Gasteiger partial charge in [0.05, 0.1) is 6.61 Å². The quantitative estimate of drug-likeness (QED) is 0.703. The molecule has 0 radical (unpaired) electrons. The molecule has 0 bridgehead atoms. The van der Waals surface area contributed by atoms with Gasteiger partial charge in [-0.25, -0.2) is 0 Å². The molecule has 1 saturated heterocycles. The number of rotatable bonds is 2. The van der Waals surface area contributed by atoms with Gasteiger partial charge in [-0.2, -0.15) is 0 Å². The van der Waals surface area contributed by atoms with Gasteiger partial charge < -0.3 is 5.11 Å². The van der Waals surface area contributed by atoms with Gasteiger partial charge in [0.25, 0.3) is 0 Å². The lowest BCUT2D eigenvalue weighted by Crippen LogP contribution is -2.39. The number of β-amino-alcohol motifs (C(OH)–C–C–N with tert-alkyl or cyclic N) is 1. The number of likely N-dealkylation sites (tertiary alicyclic amines) is 1. The lowest BCUT2D eigenvalue weighted by molar-refractivity contribution is 0.125. The molecule has 3 atom stereocenters. The SMILES string of the molecule is CC1CC2CCCCC2N1CCO. The summed E-state index contributed by atoms with van der Waals surface area (Å²) in [6.45, 7) is 3.53. The lowest BCUT2D eigenvalue weighted by atomic mass is 9.85. The Morgan fingerprint density at radius 3 is 2.85 bits per heavy atom. The van der Waals surface area contributed by atoms with Crippen molar-refractivity contribution in [1.29, 1.82) is 0 Å². The summed E-state index contributed by atoms with van der Waals surface area (Å²) in [4.78, 5) is 2.53. The first-order valence-corrected chi connectivity index (χ1v) is 5.69. The van der Waals surface area contributed by atoms with E-state index in [4.69, 9.17) is 5.11 Å². The van der Waals surface area contributed by atoms with Gasteiger partial charge in [0.1, 0.15) is 0 Å². The van der Waals surface area contributed by atoms with Gasteiger partial charge in [-0.15, -0.1) is 0 Å². The Morgan fingerprint density at radius 2 is 2.08 bits per heavy atom. The maximum Gasteiger partial charge on any atom is 0.0558 e. The van der Waals surface area contributed by atoms with E-state index in [0.717, 1.165) is 18.5 Å². The van der Waals surface area contributed by atoms with Crippen LogP contribution in [0.5, 0.6) is 0 Å². The summed E-state index contributed by atoms with van der Waals surface area (Å²) in [5.41, 5.74) is 0. The second-order valence-corrected chi connectivity index (χ2v) is 4.66. The van der Waals surface area contributed by atoms with Crippen molar-refractivity contribution in [2.45, 2.75) is 51.1 Å². The summed E-state index contributed by atoms with van der Waals surface area (Å²) in [5.74, 6) is 0.940. The highest BCUT2D eigenvalue weighted by Crippen LogP contribution is 2.38. The summed E-state index contributed by atoms with van der Waals surface area (Å²) < 4.78 is 0. The van der Waals surface area contributed by atoms with Crippen molar-refractivity contribution >= 4 is 0 Å². The van der Waals surface area contributed by atoms with Crippen LogP contribution in [0.3, 0.4) is 0 Å². The first-order chi connectivity index (χ1) is 6.33. The van der Waals surface area contributed by atoms with Crippen molar-refractivity contribution in [3.63, 3.8) is 0 Å². The second-order valence-electron chi connectivity index (χ2n) is 4.66. The molecule has 2 fully saturated rings. The van der Waals surface area contributed by atoms with Crippen molar-refractivity contribution in [3.8, 4) is 0 Å². The molecule has 2 rings (SSSR count). The Balaban J connectivity index is 2.00. The molecule has 1 N–H and O–H groups in total. The Labute approximate surface area is 80.9 Å². The molecule has 0 aromatic carbocycles. The number of nitrogens with zero attached hydrogens (tertiary/aromatic N) is 1. The third-order valence-electron chi connectivity index (χ3n) is 3.86. The molecular weight excluding hydrogens is 162 g/mol. The van der Waals surface area contributed by atoms with E-state index < -0.39 is 0 Å². The number of aliphatic hydroxyl groups excluding tert-OH is 1. The number of hydrogen-bond acceptors (Lipinski definition) is 2. The fourth-order valence-corrected chi connectivity index (χ4v) is 3.30. The van der Waals surface area contributed by atoms with Crippen molar-refractivity contribution < 1.29 is 5.11 Å². The van der Waals surface area contributed by atoms with Crippen LogP contribution in [0.15, 0.2) is 0 Å². The van der Waals surface area contributed by atoms with E-state index in [9.17, 15) is 0 Å². The number of fused-ring (bicyclic) bond motifs is 1. The van der Waals surface area contributed by atoms with Gasteiger partial charge in [-0.3, -0.25) is 4.90 Å². The monoisotopic (exact) mass is 183 g/mol. The van der Waals surface area contributed by atoms with Gasteiger partial charge in [0, 0.05) is 18.6 Å². The minimum atomic E-state index is 0.327. The lowest BCUT2D eigenvalue weighted by Gasteiger charge is -2.32. The molecule has 0 aromatic rings. The molecule has 2 heteroatoms. The van der Waals surface area contributed by atoms with Gasteiger partial charge in [-0.1, -0.05) is 12.8 Å². The second kappa shape index (κ2) is 3.97. The zero-order valence-corrected chi connectivity index (χ0v) is 8.58. The van der Waals surface area contributed by atoms with E-state index in [2.05, 4.69) is 11.8 Å². The molecule has 1 heterocycles. The van der Waals surface area contributed by atoms with Crippen LogP contribution in [0.25, 0.3) is 0 Å². The first kappa shape index (κ1) is 9.47. The van der Waals surface area contributed by atoms with Crippen LogP contribution in [0.4, 0.5) is 0 Å². The molecule has 1 aliphatic carbocycles. The van der Waals surface area contributed by atoms with E-state index in [0.29, 0.717) is 12.6 Å². The third kappa shape index (κ3) is 1.75. The molecule has 2 nitrogen and oxygen atoms in total. The minimum Gasteiger partial charge on any atom is -0.395 e. The van der Waals surface area contributed by atoms with Crippen LogP contribution < -0.4 is 0 Å². The highest BCUT2D eigenvalue weighted by Gasteiger charge is 2.39. The van der Waals surface area contributed by atoms with Crippen molar-refractivity contribution in [1.82, 2.24) is 4.90 Å². The first-order valence-electron chi connectivity index (χ1n) is 5.69. The maximum absolute atomic E-state index is 8.99. The van der Waals surface area contributed by atoms with E-state index in [-0.39, 0.29) is 0 Å². The molecular formula is C11H21NO. The van der Waals surface area contributed by atoms with E-state index in [1.54, 1.807) is 0 Å². The topological polar surface area (TPSA) is 23.5 Å². The zero-order valence-electron chi connectivity index (χ0n) is 8.58. The number of aliphatic hydroxyl groups is 1. The van der Waals surface area contributed by atoms with Crippen molar-refractivity contribution in [3.05, 3.63) is 0 Å². The van der Waals surface area contributed by atoms with Gasteiger partial charge in [0.2, 0.25) is 0 Å². The van der Waals surface area contributed by atoms with E-state index >= 15 is 0 Å². The highest BCUT2D eigenvalue weighted by atomic mass is 16.3. The average Bonchev–Trinajstić information content (AvgIpc) is 2.44. The Morgan fingerprint density at radius 1 is 1.31 bits per heavy atom. The summed E-state index contributed by atoms with van der Waals surface area (Å²) in [6.07, 6.45) is 6.99. The minimum absolute atomic E-state index is 0.327. The summed E-state index contributed by atoms with van der Waals surface area (Å²) in [5, 5.41) is 8.99. The third-order valence-corrected chi connectivity index (χ3v) is 3.86. The largest absolute Gasteiger partial charge is 0.395 e. The molecule has 2 aliphatic rings. The Bertz CT molecular complexity index is 169. The van der Waals surface area contributed by atoms with Crippen LogP contribution in [0.2, 0.25) is 0 Å². The van der Waals surface area contributed by atoms with Crippen LogP contribution >= 0.6 is 0 Å². The van der Waals surface area contributed by atoms with Crippen LogP contribution in [-0.4, -0.2) is 35.2 Å². The fraction of sp³-hybridized carbons (Fsp3) is 1.00. The molecule has 76 valence electrons. The summed E-state index contributed by atoms with van der Waals surface area (Å²) in [7, 11) is 0. The normalized spacial score (nSPS) is 40.6. The van der Waals surface area contributed by atoms with E-state index in [1.165, 1.54) is 32.1 Å². The Kier molecular flexibility index (Phi) is 2.89. The molecule has 3 unspecified atom stereocenters. The molecule has 0 spiro atoms. The average molecular weight is 183 g/mol. The van der Waals surface area contributed by atoms with Crippen LogP contribution in [0.1, 0.15) is 39.0 Å². The van der Waals surface area contributed by atoms with Crippen LogP contribution in [0, 0.1) is 5.92 Å². The Hall–Kier alpha value is -0.0800. The highest BCUT2D eigenvalue weighted by molar-refractivity contribution is 4.93. The van der Waals surface area contributed by atoms with Gasteiger partial charge in [-0.05, 0) is 32.1 Å². The molecule has 1 aliphatic heterocycles. The summed E-state index contributed by atoms with van der Waals surface area (Å²) in [6, 6.07) is 1.51. The van der Waals surface area contributed by atoms with Gasteiger partial charge >= 0.3 is 0 Å². The smallest absolute Gasteiger partial charge is 0.0558 e. The molecule has 0 aromatic heterocycles. The predicted molar refractivity (Wildman–Crippen MR) is 53.6 cm³/mol. The fourth-order valence-electron chi connectivity index (χ4n) is 3.30. The van der Waals surface area contributed by atoms with Crippen LogP contribution in [-0.2, 0) is 0 Å². The number of hydrogen-bond donors (Lipinski definition) is 1. The summed E-state index contributed by atoms with van der Waals surface area (Å²) >= 11 is 0. The van der Waals surface area contributed by atoms with E-state index in [1.807, 2.05) is 0 Å². The zero-order chi connectivity index (χ0) is 9.26.